The largest absolute Gasteiger partial charge is 0.380 e. The van der Waals surface area contributed by atoms with Crippen LogP contribution in [-0.2, 0) is 30.9 Å². The average Bonchev–Trinajstić information content (AvgIpc) is 2.92. The van der Waals surface area contributed by atoms with Crippen LogP contribution >= 0.6 is 11.3 Å². The lowest BCUT2D eigenvalue weighted by atomic mass is 9.97. The van der Waals surface area contributed by atoms with E-state index in [4.69, 9.17) is 4.74 Å². The van der Waals surface area contributed by atoms with Gasteiger partial charge in [-0.25, -0.2) is 0 Å². The van der Waals surface area contributed by atoms with E-state index in [1.165, 1.54) is 22.3 Å². The molecule has 0 saturated carbocycles. The molecule has 0 saturated heterocycles. The molecule has 0 fully saturated rings. The molecule has 0 atom stereocenters. The normalized spacial score (nSPS) is 15.4. The van der Waals surface area contributed by atoms with E-state index < -0.39 is 0 Å². The lowest BCUT2D eigenvalue weighted by Crippen LogP contribution is -2.30. The molecule has 0 N–H and O–H groups in total. The molecule has 100 valence electrons. The van der Waals surface area contributed by atoms with Crippen LogP contribution in [0.4, 0.5) is 0 Å². The number of nitrogens with zero attached hydrogens (tertiary/aromatic N) is 2. The van der Waals surface area contributed by atoms with E-state index in [0.717, 1.165) is 26.1 Å². The minimum atomic E-state index is 0.667. The van der Waals surface area contributed by atoms with E-state index in [2.05, 4.69) is 26.7 Å². The van der Waals surface area contributed by atoms with E-state index in [9.17, 15) is 0 Å². The Bertz CT molecular complexity index is 539. The fourth-order valence-electron chi connectivity index (χ4n) is 2.68. The van der Waals surface area contributed by atoms with E-state index >= 15 is 0 Å². The highest BCUT2D eigenvalue weighted by molar-refractivity contribution is 7.07. The maximum atomic E-state index is 5.25. The van der Waals surface area contributed by atoms with Crippen LogP contribution in [0.25, 0.3) is 0 Å². The number of thiophene rings is 1. The number of ether oxygens (including phenoxy) is 1. The lowest BCUT2D eigenvalue weighted by Gasteiger charge is -2.29. The molecule has 3 nitrogen and oxygen atoms in total. The number of rotatable bonds is 4. The van der Waals surface area contributed by atoms with Crippen molar-refractivity contribution in [1.82, 2.24) is 9.88 Å². The van der Waals surface area contributed by atoms with Gasteiger partial charge in [0.2, 0.25) is 0 Å². The molecular weight excluding hydrogens is 256 g/mol. The lowest BCUT2D eigenvalue weighted by molar-refractivity contribution is 0.181. The Hall–Kier alpha value is -1.23. The van der Waals surface area contributed by atoms with E-state index in [1.54, 1.807) is 18.4 Å². The summed E-state index contributed by atoms with van der Waals surface area (Å²) in [5.41, 5.74) is 5.46. The summed E-state index contributed by atoms with van der Waals surface area (Å²) in [7, 11) is 1.74. The monoisotopic (exact) mass is 274 g/mol. The molecular formula is C15H18N2OS. The predicted octanol–water partition coefficient (Wildman–Crippen LogP) is 2.85. The summed E-state index contributed by atoms with van der Waals surface area (Å²) in [4.78, 5) is 6.83. The molecule has 0 aliphatic carbocycles. The van der Waals surface area contributed by atoms with E-state index in [-0.39, 0.29) is 0 Å². The first-order valence-corrected chi connectivity index (χ1v) is 7.48. The van der Waals surface area contributed by atoms with E-state index in [0.29, 0.717) is 6.61 Å². The summed E-state index contributed by atoms with van der Waals surface area (Å²) < 4.78 is 5.25. The van der Waals surface area contributed by atoms with E-state index in [1.807, 2.05) is 12.4 Å². The zero-order valence-corrected chi connectivity index (χ0v) is 11.9. The fraction of sp³-hybridized carbons (Fsp3) is 0.400. The Labute approximate surface area is 117 Å². The Morgan fingerprint density at radius 1 is 1.42 bits per heavy atom. The van der Waals surface area contributed by atoms with Crippen molar-refractivity contribution in [3.63, 3.8) is 0 Å². The second-order valence-corrected chi connectivity index (χ2v) is 5.74. The van der Waals surface area contributed by atoms with Gasteiger partial charge >= 0.3 is 0 Å². The topological polar surface area (TPSA) is 25.4 Å². The van der Waals surface area contributed by atoms with Crippen LogP contribution in [0.3, 0.4) is 0 Å². The number of methoxy groups -OCH3 is 1. The Kier molecular flexibility index (Phi) is 3.92. The third-order valence-corrected chi connectivity index (χ3v) is 4.33. The molecule has 0 aromatic carbocycles. The quantitative estimate of drug-likeness (QED) is 0.857. The molecule has 0 bridgehead atoms. The van der Waals surface area contributed by atoms with Crippen molar-refractivity contribution >= 4 is 11.3 Å². The van der Waals surface area contributed by atoms with Gasteiger partial charge in [0, 0.05) is 39.1 Å². The van der Waals surface area contributed by atoms with Gasteiger partial charge in [-0.05, 0) is 45.5 Å². The second-order valence-electron chi connectivity index (χ2n) is 4.96. The Morgan fingerprint density at radius 2 is 2.37 bits per heavy atom. The zero-order chi connectivity index (χ0) is 13.1. The first-order valence-electron chi connectivity index (χ1n) is 6.54. The van der Waals surface area contributed by atoms with Crippen LogP contribution in [0.1, 0.15) is 22.3 Å². The van der Waals surface area contributed by atoms with Crippen molar-refractivity contribution in [3.8, 4) is 0 Å². The van der Waals surface area contributed by atoms with Crippen LogP contribution < -0.4 is 0 Å². The van der Waals surface area contributed by atoms with Crippen LogP contribution in [0.5, 0.6) is 0 Å². The molecule has 2 aromatic heterocycles. The summed E-state index contributed by atoms with van der Waals surface area (Å²) >= 11 is 1.77. The predicted molar refractivity (Wildman–Crippen MR) is 77.1 cm³/mol. The summed E-state index contributed by atoms with van der Waals surface area (Å²) in [5.74, 6) is 0. The first kappa shape index (κ1) is 12.8. The zero-order valence-electron chi connectivity index (χ0n) is 11.1. The summed E-state index contributed by atoms with van der Waals surface area (Å²) in [5, 5.41) is 4.38. The van der Waals surface area contributed by atoms with Crippen molar-refractivity contribution < 1.29 is 4.74 Å². The minimum Gasteiger partial charge on any atom is -0.380 e. The van der Waals surface area contributed by atoms with Crippen LogP contribution in [-0.4, -0.2) is 23.5 Å². The third kappa shape index (κ3) is 2.86. The Balaban J connectivity index is 1.75. The van der Waals surface area contributed by atoms with Crippen molar-refractivity contribution in [1.29, 1.82) is 0 Å². The summed E-state index contributed by atoms with van der Waals surface area (Å²) in [6.45, 7) is 3.82. The molecule has 4 heteroatoms. The number of pyridine rings is 1. The van der Waals surface area contributed by atoms with Crippen LogP contribution in [0, 0.1) is 0 Å². The fourth-order valence-corrected chi connectivity index (χ4v) is 3.34. The van der Waals surface area contributed by atoms with Gasteiger partial charge in [0.05, 0.1) is 6.61 Å². The van der Waals surface area contributed by atoms with Crippen molar-refractivity contribution in [3.05, 3.63) is 51.5 Å². The highest BCUT2D eigenvalue weighted by Gasteiger charge is 2.19. The summed E-state index contributed by atoms with van der Waals surface area (Å²) in [6.07, 6.45) is 5.05. The third-order valence-electron chi connectivity index (χ3n) is 3.59. The number of fused-ring (bicyclic) bond motifs is 1. The van der Waals surface area contributed by atoms with Crippen LogP contribution in [0.2, 0.25) is 0 Å². The maximum absolute atomic E-state index is 5.25. The molecule has 2 aromatic rings. The number of hydrogen-bond acceptors (Lipinski definition) is 4. The van der Waals surface area contributed by atoms with Gasteiger partial charge < -0.3 is 4.74 Å². The van der Waals surface area contributed by atoms with Gasteiger partial charge in [0.15, 0.2) is 0 Å². The smallest absolute Gasteiger partial charge is 0.0730 e. The maximum Gasteiger partial charge on any atom is 0.0730 e. The molecule has 0 amide bonds. The first-order chi connectivity index (χ1) is 9.36. The molecule has 19 heavy (non-hydrogen) atoms. The van der Waals surface area contributed by atoms with Gasteiger partial charge in [-0.2, -0.15) is 11.3 Å². The van der Waals surface area contributed by atoms with Gasteiger partial charge in [-0.1, -0.05) is 0 Å². The van der Waals surface area contributed by atoms with Crippen molar-refractivity contribution in [2.45, 2.75) is 26.1 Å². The van der Waals surface area contributed by atoms with Gasteiger partial charge in [-0.3, -0.25) is 9.88 Å². The molecule has 0 unspecified atom stereocenters. The molecule has 1 aliphatic heterocycles. The van der Waals surface area contributed by atoms with Crippen molar-refractivity contribution in [2.24, 2.45) is 0 Å². The molecule has 1 aliphatic rings. The standard InChI is InChI=1S/C15H18N2OS/c1-18-10-14-7-16-6-13-9-17(4-2-15(13)14)8-12-3-5-19-11-12/h3,5-7,11H,2,4,8-10H2,1H3. The second kappa shape index (κ2) is 5.82. The Morgan fingerprint density at radius 3 is 3.16 bits per heavy atom. The van der Waals surface area contributed by atoms with Gasteiger partial charge in [0.1, 0.15) is 0 Å². The molecule has 0 spiro atoms. The number of hydrogen-bond donors (Lipinski definition) is 0. The average molecular weight is 274 g/mol. The summed E-state index contributed by atoms with van der Waals surface area (Å²) in [6, 6.07) is 2.21. The van der Waals surface area contributed by atoms with Crippen molar-refractivity contribution in [2.75, 3.05) is 13.7 Å². The SMILES string of the molecule is COCc1cncc2c1CCN(Cc1ccsc1)C2. The van der Waals surface area contributed by atoms with Gasteiger partial charge in [0.25, 0.3) is 0 Å². The van der Waals surface area contributed by atoms with Gasteiger partial charge in [-0.15, -0.1) is 0 Å². The molecule has 3 heterocycles. The molecule has 3 rings (SSSR count). The van der Waals surface area contributed by atoms with Crippen LogP contribution in [0.15, 0.2) is 29.2 Å². The molecule has 0 radical (unpaired) electrons. The number of aromatic nitrogens is 1. The highest BCUT2D eigenvalue weighted by atomic mass is 32.1. The minimum absolute atomic E-state index is 0.667. The highest BCUT2D eigenvalue weighted by Crippen LogP contribution is 2.23.